The van der Waals surface area contributed by atoms with Crippen molar-refractivity contribution in [2.24, 2.45) is 5.10 Å². The zero-order valence-corrected chi connectivity index (χ0v) is 15.5. The van der Waals surface area contributed by atoms with Crippen LogP contribution >= 0.6 is 12.2 Å². The SMILES string of the molecule is CCNC(=S)NN=Cc1ccc(OCc2ccccc2C)c(OC)c1. The van der Waals surface area contributed by atoms with Gasteiger partial charge in [-0.25, -0.2) is 0 Å². The van der Waals surface area contributed by atoms with Gasteiger partial charge in [0.2, 0.25) is 0 Å². The van der Waals surface area contributed by atoms with Gasteiger partial charge in [-0.1, -0.05) is 24.3 Å². The van der Waals surface area contributed by atoms with Crippen molar-refractivity contribution in [1.82, 2.24) is 10.7 Å². The third-order valence-electron chi connectivity index (χ3n) is 3.55. The fraction of sp³-hybridized carbons (Fsp3) is 0.263. The Balaban J connectivity index is 2.02. The van der Waals surface area contributed by atoms with Crippen molar-refractivity contribution >= 4 is 23.5 Å². The van der Waals surface area contributed by atoms with Crippen LogP contribution in [0.1, 0.15) is 23.6 Å². The van der Waals surface area contributed by atoms with Crippen molar-refractivity contribution < 1.29 is 9.47 Å². The number of rotatable bonds is 7. The van der Waals surface area contributed by atoms with Crippen LogP contribution in [0.25, 0.3) is 0 Å². The second-order valence-electron chi connectivity index (χ2n) is 5.35. The zero-order chi connectivity index (χ0) is 18.1. The fourth-order valence-electron chi connectivity index (χ4n) is 2.18. The van der Waals surface area contributed by atoms with E-state index < -0.39 is 0 Å². The van der Waals surface area contributed by atoms with Crippen LogP contribution in [0, 0.1) is 6.92 Å². The Morgan fingerprint density at radius 1 is 1.20 bits per heavy atom. The minimum Gasteiger partial charge on any atom is -0.493 e. The molecule has 132 valence electrons. The van der Waals surface area contributed by atoms with Gasteiger partial charge in [-0.2, -0.15) is 5.10 Å². The van der Waals surface area contributed by atoms with E-state index in [1.807, 2.05) is 37.3 Å². The summed E-state index contributed by atoms with van der Waals surface area (Å²) in [7, 11) is 1.62. The number of methoxy groups -OCH3 is 1. The van der Waals surface area contributed by atoms with Crippen molar-refractivity contribution in [2.75, 3.05) is 13.7 Å². The molecule has 2 N–H and O–H groups in total. The van der Waals surface area contributed by atoms with Gasteiger partial charge in [0, 0.05) is 6.54 Å². The number of hydrogen-bond donors (Lipinski definition) is 2. The number of ether oxygens (including phenoxy) is 2. The quantitative estimate of drug-likeness (QED) is 0.452. The molecule has 2 aromatic carbocycles. The Bertz CT molecular complexity index is 747. The molecule has 0 aliphatic carbocycles. The van der Waals surface area contributed by atoms with Crippen molar-refractivity contribution in [1.29, 1.82) is 0 Å². The van der Waals surface area contributed by atoms with E-state index >= 15 is 0 Å². The molecule has 0 atom stereocenters. The maximum absolute atomic E-state index is 5.91. The van der Waals surface area contributed by atoms with Crippen LogP contribution < -0.4 is 20.2 Å². The van der Waals surface area contributed by atoms with Gasteiger partial charge in [0.05, 0.1) is 13.3 Å². The van der Waals surface area contributed by atoms with Gasteiger partial charge in [0.15, 0.2) is 16.6 Å². The van der Waals surface area contributed by atoms with Crippen LogP contribution in [0.2, 0.25) is 0 Å². The van der Waals surface area contributed by atoms with Gasteiger partial charge < -0.3 is 14.8 Å². The first kappa shape index (κ1) is 18.7. The second-order valence-corrected chi connectivity index (χ2v) is 5.76. The molecule has 0 saturated carbocycles. The molecule has 0 spiro atoms. The van der Waals surface area contributed by atoms with Gasteiger partial charge in [-0.3, -0.25) is 5.43 Å². The van der Waals surface area contributed by atoms with Crippen LogP contribution in [-0.2, 0) is 6.61 Å². The van der Waals surface area contributed by atoms with Gasteiger partial charge in [0.1, 0.15) is 6.61 Å². The van der Waals surface area contributed by atoms with E-state index in [2.05, 4.69) is 34.9 Å². The van der Waals surface area contributed by atoms with Crippen LogP contribution in [0.5, 0.6) is 11.5 Å². The van der Waals surface area contributed by atoms with E-state index in [-0.39, 0.29) is 0 Å². The predicted octanol–water partition coefficient (Wildman–Crippen LogP) is 3.40. The minimum absolute atomic E-state index is 0.490. The summed E-state index contributed by atoms with van der Waals surface area (Å²) in [4.78, 5) is 0. The lowest BCUT2D eigenvalue weighted by Crippen LogP contribution is -2.31. The molecule has 0 radical (unpaired) electrons. The van der Waals surface area contributed by atoms with Gasteiger partial charge >= 0.3 is 0 Å². The number of hydrazone groups is 1. The number of thiocarbonyl (C=S) groups is 1. The van der Waals surface area contributed by atoms with Crippen LogP contribution in [-0.4, -0.2) is 25.0 Å². The molecule has 0 amide bonds. The largest absolute Gasteiger partial charge is 0.493 e. The first-order valence-corrected chi connectivity index (χ1v) is 8.47. The Hall–Kier alpha value is -2.60. The summed E-state index contributed by atoms with van der Waals surface area (Å²) >= 11 is 5.05. The molecule has 2 rings (SSSR count). The molecule has 5 nitrogen and oxygen atoms in total. The normalized spacial score (nSPS) is 10.5. The highest BCUT2D eigenvalue weighted by atomic mass is 32.1. The molecule has 0 aliphatic rings. The number of nitrogens with one attached hydrogen (secondary N) is 2. The number of nitrogens with zero attached hydrogens (tertiary/aromatic N) is 1. The van der Waals surface area contributed by atoms with Crippen LogP contribution in [0.4, 0.5) is 0 Å². The lowest BCUT2D eigenvalue weighted by atomic mass is 10.1. The van der Waals surface area contributed by atoms with E-state index in [9.17, 15) is 0 Å². The van der Waals surface area contributed by atoms with Crippen molar-refractivity contribution in [2.45, 2.75) is 20.5 Å². The van der Waals surface area contributed by atoms with Crippen molar-refractivity contribution in [3.63, 3.8) is 0 Å². The molecule has 0 aliphatic heterocycles. The monoisotopic (exact) mass is 357 g/mol. The third-order valence-corrected chi connectivity index (χ3v) is 3.78. The number of aryl methyl sites for hydroxylation is 1. The maximum Gasteiger partial charge on any atom is 0.186 e. The molecule has 0 fully saturated rings. The summed E-state index contributed by atoms with van der Waals surface area (Å²) in [5.74, 6) is 1.35. The molecule has 25 heavy (non-hydrogen) atoms. The predicted molar refractivity (Wildman–Crippen MR) is 106 cm³/mol. The smallest absolute Gasteiger partial charge is 0.186 e. The standard InChI is InChI=1S/C19H23N3O2S/c1-4-20-19(25)22-21-12-15-9-10-17(18(11-15)23-3)24-13-16-8-6-5-7-14(16)2/h5-12H,4,13H2,1-3H3,(H2,20,22,25). The average Bonchev–Trinajstić information content (AvgIpc) is 2.62. The number of hydrogen-bond acceptors (Lipinski definition) is 4. The minimum atomic E-state index is 0.490. The third kappa shape index (κ3) is 5.76. The summed E-state index contributed by atoms with van der Waals surface area (Å²) in [6.07, 6.45) is 1.68. The topological polar surface area (TPSA) is 54.9 Å². The highest BCUT2D eigenvalue weighted by Crippen LogP contribution is 2.28. The van der Waals surface area contributed by atoms with Crippen LogP contribution in [0.15, 0.2) is 47.6 Å². The van der Waals surface area contributed by atoms with Gasteiger partial charge in [-0.05, 0) is 61.0 Å². The highest BCUT2D eigenvalue weighted by molar-refractivity contribution is 7.80. The average molecular weight is 357 g/mol. The lowest BCUT2D eigenvalue weighted by molar-refractivity contribution is 0.284. The van der Waals surface area contributed by atoms with Crippen molar-refractivity contribution in [3.05, 3.63) is 59.2 Å². The molecular weight excluding hydrogens is 334 g/mol. The first-order valence-electron chi connectivity index (χ1n) is 8.06. The molecular formula is C19H23N3O2S. The zero-order valence-electron chi connectivity index (χ0n) is 14.7. The molecule has 0 aromatic heterocycles. The Kier molecular flexibility index (Phi) is 7.22. The fourth-order valence-corrected chi connectivity index (χ4v) is 2.37. The Labute approximate surface area is 154 Å². The summed E-state index contributed by atoms with van der Waals surface area (Å²) in [6.45, 7) is 5.29. The van der Waals surface area contributed by atoms with E-state index in [1.54, 1.807) is 13.3 Å². The summed E-state index contributed by atoms with van der Waals surface area (Å²) < 4.78 is 11.3. The first-order chi connectivity index (χ1) is 12.1. The van der Waals surface area contributed by atoms with Gasteiger partial charge in [-0.15, -0.1) is 0 Å². The van der Waals surface area contributed by atoms with E-state index in [0.717, 1.165) is 17.7 Å². The highest BCUT2D eigenvalue weighted by Gasteiger charge is 2.06. The molecule has 0 heterocycles. The summed E-state index contributed by atoms with van der Waals surface area (Å²) in [5, 5.41) is 7.55. The molecule has 2 aromatic rings. The Morgan fingerprint density at radius 3 is 2.72 bits per heavy atom. The van der Waals surface area contributed by atoms with E-state index in [1.165, 1.54) is 5.56 Å². The van der Waals surface area contributed by atoms with Crippen LogP contribution in [0.3, 0.4) is 0 Å². The molecule has 0 unspecified atom stereocenters. The van der Waals surface area contributed by atoms with Crippen molar-refractivity contribution in [3.8, 4) is 11.5 Å². The number of benzene rings is 2. The maximum atomic E-state index is 5.91. The molecule has 0 bridgehead atoms. The second kappa shape index (κ2) is 9.64. The van der Waals surface area contributed by atoms with E-state index in [0.29, 0.717) is 23.2 Å². The van der Waals surface area contributed by atoms with E-state index in [4.69, 9.17) is 21.7 Å². The summed E-state index contributed by atoms with van der Waals surface area (Å²) in [6, 6.07) is 13.8. The van der Waals surface area contributed by atoms with Gasteiger partial charge in [0.25, 0.3) is 0 Å². The summed E-state index contributed by atoms with van der Waals surface area (Å²) in [5.41, 5.74) is 5.99. The lowest BCUT2D eigenvalue weighted by Gasteiger charge is -2.12. The molecule has 0 saturated heterocycles. The molecule has 6 heteroatoms. The Morgan fingerprint density at radius 2 is 2.00 bits per heavy atom.